The Balaban J connectivity index is 1.80. The monoisotopic (exact) mass is 387 g/mol. The zero-order chi connectivity index (χ0) is 20.5. The van der Waals surface area contributed by atoms with Crippen LogP contribution in [0.15, 0.2) is 78.9 Å². The van der Waals surface area contributed by atoms with Crippen molar-refractivity contribution in [2.24, 2.45) is 0 Å². The Bertz CT molecular complexity index is 1480. The molecule has 0 unspecified atom stereocenters. The van der Waals surface area contributed by atoms with Gasteiger partial charge in [-0.3, -0.25) is 0 Å². The predicted molar refractivity (Wildman–Crippen MR) is 125 cm³/mol. The average molecular weight is 387 g/mol. The highest BCUT2D eigenvalue weighted by molar-refractivity contribution is 6.26. The van der Waals surface area contributed by atoms with Gasteiger partial charge in [0.1, 0.15) is 5.75 Å². The van der Waals surface area contributed by atoms with E-state index in [0.717, 1.165) is 13.1 Å². The summed E-state index contributed by atoms with van der Waals surface area (Å²) < 4.78 is 5.25. The maximum absolute atomic E-state index is 9.08. The lowest BCUT2D eigenvalue weighted by atomic mass is 9.81. The zero-order valence-corrected chi connectivity index (χ0v) is 16.9. The van der Waals surface area contributed by atoms with E-state index in [9.17, 15) is 0 Å². The minimum atomic E-state index is -0.0347. The molecule has 5 aromatic rings. The molecule has 1 radical (unpaired) electrons. The molecule has 1 aliphatic carbocycles. The first-order valence-electron chi connectivity index (χ1n) is 10.2. The molecule has 0 heterocycles. The highest BCUT2D eigenvalue weighted by Gasteiger charge is 2.35. The summed E-state index contributed by atoms with van der Waals surface area (Å²) in [5, 5.41) is 16.3. The van der Waals surface area contributed by atoms with E-state index in [1.165, 1.54) is 49.2 Å². The molecular weight excluding hydrogens is 367 g/mol. The van der Waals surface area contributed by atoms with E-state index in [4.69, 9.17) is 9.68 Å². The molecule has 0 atom stereocenters. The summed E-state index contributed by atoms with van der Waals surface area (Å²) >= 11 is 0. The highest BCUT2D eigenvalue weighted by Crippen LogP contribution is 2.51. The topological polar surface area (TPSA) is 29.5 Å². The second-order valence-corrected chi connectivity index (χ2v) is 8.59. The smallest absolute Gasteiger partial charge is 0.537 e. The van der Waals surface area contributed by atoms with E-state index in [0.29, 0.717) is 5.75 Å². The molecule has 0 saturated carbocycles. The molecular formula is C27H20BO2. The minimum Gasteiger partial charge on any atom is -0.537 e. The van der Waals surface area contributed by atoms with Gasteiger partial charge in [-0.05, 0) is 78.8 Å². The quantitative estimate of drug-likeness (QED) is 0.282. The molecule has 0 aromatic heterocycles. The van der Waals surface area contributed by atoms with Crippen LogP contribution >= 0.6 is 0 Å². The number of hydrogen-bond acceptors (Lipinski definition) is 2. The fourth-order valence-electron chi connectivity index (χ4n) is 5.26. The molecule has 2 nitrogen and oxygen atoms in total. The van der Waals surface area contributed by atoms with Gasteiger partial charge in [-0.2, -0.15) is 0 Å². The Labute approximate surface area is 176 Å². The van der Waals surface area contributed by atoms with Gasteiger partial charge in [0.2, 0.25) is 0 Å². The van der Waals surface area contributed by atoms with Gasteiger partial charge in [0.15, 0.2) is 0 Å². The van der Waals surface area contributed by atoms with Crippen molar-refractivity contribution in [1.29, 1.82) is 0 Å². The van der Waals surface area contributed by atoms with E-state index in [1.54, 1.807) is 0 Å². The molecule has 5 aromatic carbocycles. The Kier molecular flexibility index (Phi) is 3.57. The maximum Gasteiger partial charge on any atom is 0.569 e. The highest BCUT2D eigenvalue weighted by atomic mass is 16.5. The lowest BCUT2D eigenvalue weighted by Gasteiger charge is -2.22. The SMILES string of the molecule is CC1(C)c2ccccc2-c2cc3c4ccccc4c4cc(O[B]O)ccc4c3cc21. The summed E-state index contributed by atoms with van der Waals surface area (Å²) in [5.74, 6) is 0.628. The van der Waals surface area contributed by atoms with Crippen LogP contribution in [0.5, 0.6) is 5.75 Å². The summed E-state index contributed by atoms with van der Waals surface area (Å²) in [4.78, 5) is 0. The Morgan fingerprint density at radius 3 is 2.03 bits per heavy atom. The van der Waals surface area contributed by atoms with Crippen LogP contribution in [0.2, 0.25) is 0 Å². The normalized spacial score (nSPS) is 14.1. The third-order valence-corrected chi connectivity index (χ3v) is 6.70. The first-order valence-corrected chi connectivity index (χ1v) is 10.2. The molecule has 1 N–H and O–H groups in total. The minimum absolute atomic E-state index is 0.0347. The zero-order valence-electron chi connectivity index (χ0n) is 16.9. The lowest BCUT2D eigenvalue weighted by Crippen LogP contribution is -2.14. The van der Waals surface area contributed by atoms with E-state index in [1.807, 2.05) is 12.1 Å². The van der Waals surface area contributed by atoms with Crippen LogP contribution in [0, 0.1) is 0 Å². The molecule has 0 saturated heterocycles. The van der Waals surface area contributed by atoms with Gasteiger partial charge in [-0.15, -0.1) is 0 Å². The first-order chi connectivity index (χ1) is 14.6. The third-order valence-electron chi connectivity index (χ3n) is 6.70. The Morgan fingerprint density at radius 2 is 1.27 bits per heavy atom. The van der Waals surface area contributed by atoms with Gasteiger partial charge >= 0.3 is 7.69 Å². The second kappa shape index (κ2) is 6.10. The standard InChI is InChI=1S/C27H20BO2/c1-27(2)25-10-6-5-9-20(25)24-14-22-18-8-4-3-7-17(18)21-13-16(30-28-29)11-12-19(21)23(22)15-26(24)27/h3-15,29H,1-2H3. The summed E-state index contributed by atoms with van der Waals surface area (Å²) in [6.45, 7) is 4.63. The molecule has 0 bridgehead atoms. The van der Waals surface area contributed by atoms with Crippen LogP contribution in [0.25, 0.3) is 43.4 Å². The molecule has 0 fully saturated rings. The van der Waals surface area contributed by atoms with E-state index >= 15 is 0 Å². The molecule has 1 aliphatic rings. The summed E-state index contributed by atoms with van der Waals surface area (Å²) in [6, 6.07) is 28.1. The Hall–Kier alpha value is -3.30. The van der Waals surface area contributed by atoms with Crippen molar-refractivity contribution in [3.05, 3.63) is 90.0 Å². The van der Waals surface area contributed by atoms with Crippen molar-refractivity contribution >= 4 is 40.0 Å². The van der Waals surface area contributed by atoms with Crippen LogP contribution in [0.1, 0.15) is 25.0 Å². The first kappa shape index (κ1) is 17.6. The van der Waals surface area contributed by atoms with Crippen molar-refractivity contribution in [1.82, 2.24) is 0 Å². The number of rotatable bonds is 2. The van der Waals surface area contributed by atoms with Crippen LogP contribution in [-0.4, -0.2) is 12.7 Å². The average Bonchev–Trinajstić information content (AvgIpc) is 3.00. The Morgan fingerprint density at radius 1 is 0.633 bits per heavy atom. The van der Waals surface area contributed by atoms with Gasteiger partial charge < -0.3 is 9.68 Å². The van der Waals surface area contributed by atoms with Gasteiger partial charge in [0.05, 0.1) is 0 Å². The number of fused-ring (bicyclic) bond motifs is 9. The second-order valence-electron chi connectivity index (χ2n) is 8.59. The van der Waals surface area contributed by atoms with Gasteiger partial charge in [0, 0.05) is 5.41 Å². The largest absolute Gasteiger partial charge is 0.569 e. The number of hydrogen-bond donors (Lipinski definition) is 1. The molecule has 3 heteroatoms. The molecule has 30 heavy (non-hydrogen) atoms. The molecule has 0 aliphatic heterocycles. The van der Waals surface area contributed by atoms with Crippen LogP contribution < -0.4 is 4.65 Å². The summed E-state index contributed by atoms with van der Waals surface area (Å²) in [6.07, 6.45) is 0. The van der Waals surface area contributed by atoms with Crippen LogP contribution in [0.3, 0.4) is 0 Å². The summed E-state index contributed by atoms with van der Waals surface area (Å²) in [5.41, 5.74) is 5.40. The van der Waals surface area contributed by atoms with E-state index in [-0.39, 0.29) is 5.41 Å². The van der Waals surface area contributed by atoms with E-state index in [2.05, 4.69) is 80.6 Å². The van der Waals surface area contributed by atoms with Crippen LogP contribution in [-0.2, 0) is 5.41 Å². The fourth-order valence-corrected chi connectivity index (χ4v) is 5.26. The van der Waals surface area contributed by atoms with Crippen LogP contribution in [0.4, 0.5) is 0 Å². The van der Waals surface area contributed by atoms with Crippen molar-refractivity contribution < 1.29 is 9.68 Å². The van der Waals surface area contributed by atoms with Gasteiger partial charge in [0.25, 0.3) is 0 Å². The predicted octanol–water partition coefficient (Wildman–Crippen LogP) is 6.36. The lowest BCUT2D eigenvalue weighted by molar-refractivity contribution is 0.454. The van der Waals surface area contributed by atoms with Crippen molar-refractivity contribution in [3.63, 3.8) is 0 Å². The van der Waals surface area contributed by atoms with Gasteiger partial charge in [-0.25, -0.2) is 0 Å². The molecule has 143 valence electrons. The van der Waals surface area contributed by atoms with E-state index < -0.39 is 0 Å². The summed E-state index contributed by atoms with van der Waals surface area (Å²) in [7, 11) is 0.733. The van der Waals surface area contributed by atoms with Crippen molar-refractivity contribution in [3.8, 4) is 16.9 Å². The van der Waals surface area contributed by atoms with Gasteiger partial charge in [-0.1, -0.05) is 68.4 Å². The van der Waals surface area contributed by atoms with Crippen molar-refractivity contribution in [2.45, 2.75) is 19.3 Å². The molecule has 0 amide bonds. The van der Waals surface area contributed by atoms with Crippen molar-refractivity contribution in [2.75, 3.05) is 0 Å². The fraction of sp³-hybridized carbons (Fsp3) is 0.111. The maximum atomic E-state index is 9.08. The number of benzene rings is 5. The molecule has 0 spiro atoms. The third kappa shape index (κ3) is 2.24. The molecule has 6 rings (SSSR count).